The molecule has 2 aromatic carbocycles. The van der Waals surface area contributed by atoms with Crippen molar-refractivity contribution < 1.29 is 19.0 Å². The molecule has 0 aliphatic carbocycles. The van der Waals surface area contributed by atoms with Crippen LogP contribution in [0.15, 0.2) is 48.5 Å². The third-order valence-corrected chi connectivity index (χ3v) is 9.29. The van der Waals surface area contributed by atoms with Gasteiger partial charge < -0.3 is 14.2 Å². The first kappa shape index (κ1) is 40.8. The first-order valence-corrected chi connectivity index (χ1v) is 19.8. The molecule has 0 aliphatic heterocycles. The van der Waals surface area contributed by atoms with Crippen LogP contribution in [0.1, 0.15) is 197 Å². The Labute approximate surface area is 289 Å². The van der Waals surface area contributed by atoms with Crippen LogP contribution in [-0.2, 0) is 4.74 Å². The number of para-hydroxylation sites is 2. The molecule has 1 unspecified atom stereocenters. The van der Waals surface area contributed by atoms with Crippen molar-refractivity contribution in [3.8, 4) is 11.5 Å². The molecule has 2 aromatic rings. The zero-order chi connectivity index (χ0) is 33.6. The zero-order valence-corrected chi connectivity index (χ0v) is 30.7. The average Bonchev–Trinajstić information content (AvgIpc) is 3.09. The van der Waals surface area contributed by atoms with Gasteiger partial charge in [0, 0.05) is 6.61 Å². The molecule has 266 valence electrons. The molecule has 0 bridgehead atoms. The number of esters is 1. The number of unbranched alkanes of at least 4 members (excludes halogenated alkanes) is 22. The van der Waals surface area contributed by atoms with Gasteiger partial charge in [-0.2, -0.15) is 0 Å². The maximum atomic E-state index is 12.9. The van der Waals surface area contributed by atoms with Gasteiger partial charge in [-0.25, -0.2) is 4.79 Å². The van der Waals surface area contributed by atoms with Gasteiger partial charge in [0.15, 0.2) is 11.5 Å². The van der Waals surface area contributed by atoms with E-state index < -0.39 is 0 Å². The lowest BCUT2D eigenvalue weighted by molar-refractivity contribution is 0.0625. The largest absolute Gasteiger partial charge is 0.490 e. The second-order valence-corrected chi connectivity index (χ2v) is 13.6. The summed E-state index contributed by atoms with van der Waals surface area (Å²) in [7, 11) is 0. The first-order chi connectivity index (χ1) is 23.2. The van der Waals surface area contributed by atoms with Crippen molar-refractivity contribution in [3.63, 3.8) is 0 Å². The van der Waals surface area contributed by atoms with E-state index in [0.29, 0.717) is 23.7 Å². The van der Waals surface area contributed by atoms with Gasteiger partial charge in [-0.3, -0.25) is 0 Å². The summed E-state index contributed by atoms with van der Waals surface area (Å²) in [6.45, 7) is 8.04. The molecule has 0 saturated carbocycles. The lowest BCUT2D eigenvalue weighted by Gasteiger charge is -2.14. The fourth-order valence-corrected chi connectivity index (χ4v) is 6.13. The molecular formula is C43H70O4. The first-order valence-electron chi connectivity index (χ1n) is 19.8. The topological polar surface area (TPSA) is 44.8 Å². The van der Waals surface area contributed by atoms with Crippen molar-refractivity contribution in [2.45, 2.75) is 181 Å². The highest BCUT2D eigenvalue weighted by atomic mass is 16.6. The standard InChI is InChI=1S/C43H70O4/c1-4-6-8-10-12-14-16-17-18-19-21-22-24-28-36-45-38(3)39-32-34-40(35-33-39)43(44)47-42-31-27-26-30-41(42)46-37-29-25-23-20-15-13-11-9-7-5-2/h26-27,30-35,38H,4-25,28-29,36-37H2,1-3H3. The predicted molar refractivity (Wildman–Crippen MR) is 200 cm³/mol. The smallest absolute Gasteiger partial charge is 0.343 e. The summed E-state index contributed by atoms with van der Waals surface area (Å²) >= 11 is 0. The summed E-state index contributed by atoms with van der Waals surface area (Å²) in [6, 6.07) is 15.1. The third-order valence-electron chi connectivity index (χ3n) is 9.29. The summed E-state index contributed by atoms with van der Waals surface area (Å²) in [6.07, 6.45) is 31.9. The van der Waals surface area contributed by atoms with Crippen LogP contribution in [0.25, 0.3) is 0 Å². The second kappa shape index (κ2) is 28.7. The number of benzene rings is 2. The molecular weight excluding hydrogens is 580 g/mol. The third kappa shape index (κ3) is 20.6. The normalized spacial score (nSPS) is 11.9. The van der Waals surface area contributed by atoms with Crippen molar-refractivity contribution in [3.05, 3.63) is 59.7 Å². The Morgan fingerprint density at radius 2 is 0.915 bits per heavy atom. The van der Waals surface area contributed by atoms with Crippen LogP contribution in [-0.4, -0.2) is 19.2 Å². The number of hydrogen-bond acceptors (Lipinski definition) is 4. The molecule has 0 amide bonds. The SMILES string of the molecule is CCCCCCCCCCCCCCCCOC(C)c1ccc(C(=O)Oc2ccccc2OCCCCCCCCCCCC)cc1. The van der Waals surface area contributed by atoms with Gasteiger partial charge in [0.1, 0.15) is 0 Å². The highest BCUT2D eigenvalue weighted by molar-refractivity contribution is 5.91. The summed E-state index contributed by atoms with van der Waals surface area (Å²) in [5.41, 5.74) is 1.60. The van der Waals surface area contributed by atoms with Crippen molar-refractivity contribution in [1.29, 1.82) is 0 Å². The monoisotopic (exact) mass is 651 g/mol. The van der Waals surface area contributed by atoms with E-state index in [1.807, 2.05) is 42.5 Å². The number of hydrogen-bond donors (Lipinski definition) is 0. The van der Waals surface area contributed by atoms with Gasteiger partial charge in [-0.05, 0) is 49.6 Å². The van der Waals surface area contributed by atoms with E-state index in [-0.39, 0.29) is 12.1 Å². The molecule has 4 nitrogen and oxygen atoms in total. The van der Waals surface area contributed by atoms with Crippen molar-refractivity contribution in [2.75, 3.05) is 13.2 Å². The van der Waals surface area contributed by atoms with E-state index in [1.54, 1.807) is 6.07 Å². The molecule has 1 atom stereocenters. The quantitative estimate of drug-likeness (QED) is 0.0463. The summed E-state index contributed by atoms with van der Waals surface area (Å²) in [5, 5.41) is 0. The van der Waals surface area contributed by atoms with Gasteiger partial charge in [0.25, 0.3) is 0 Å². The molecule has 0 fully saturated rings. The fraction of sp³-hybridized carbons (Fsp3) is 0.698. The van der Waals surface area contributed by atoms with E-state index in [0.717, 1.165) is 25.0 Å². The summed E-state index contributed by atoms with van der Waals surface area (Å²) in [4.78, 5) is 12.9. The van der Waals surface area contributed by atoms with Crippen molar-refractivity contribution in [2.24, 2.45) is 0 Å². The Bertz CT molecular complexity index is 1000. The number of ether oxygens (including phenoxy) is 3. The maximum absolute atomic E-state index is 12.9. The Balaban J connectivity index is 1.55. The number of rotatable bonds is 31. The maximum Gasteiger partial charge on any atom is 0.343 e. The zero-order valence-electron chi connectivity index (χ0n) is 30.7. The number of carbonyl (C=O) groups is 1. The van der Waals surface area contributed by atoms with Gasteiger partial charge in [-0.15, -0.1) is 0 Å². The Morgan fingerprint density at radius 3 is 1.38 bits per heavy atom. The molecule has 0 aliphatic rings. The molecule has 0 N–H and O–H groups in total. The molecule has 4 heteroatoms. The van der Waals surface area contributed by atoms with Crippen molar-refractivity contribution >= 4 is 5.97 Å². The summed E-state index contributed by atoms with van der Waals surface area (Å²) in [5.74, 6) is 0.722. The van der Waals surface area contributed by atoms with Gasteiger partial charge >= 0.3 is 5.97 Å². The highest BCUT2D eigenvalue weighted by Crippen LogP contribution is 2.28. The molecule has 0 radical (unpaired) electrons. The van der Waals surface area contributed by atoms with E-state index in [9.17, 15) is 4.79 Å². The van der Waals surface area contributed by atoms with Crippen LogP contribution in [0.4, 0.5) is 0 Å². The molecule has 0 saturated heterocycles. The van der Waals surface area contributed by atoms with Gasteiger partial charge in [0.2, 0.25) is 0 Å². The minimum atomic E-state index is -0.373. The van der Waals surface area contributed by atoms with E-state index in [2.05, 4.69) is 20.8 Å². The van der Waals surface area contributed by atoms with Gasteiger partial charge in [-0.1, -0.05) is 179 Å². The van der Waals surface area contributed by atoms with E-state index in [1.165, 1.54) is 141 Å². The molecule has 2 rings (SSSR count). The lowest BCUT2D eigenvalue weighted by Crippen LogP contribution is -2.10. The summed E-state index contributed by atoms with van der Waals surface area (Å²) < 4.78 is 17.9. The fourth-order valence-electron chi connectivity index (χ4n) is 6.13. The molecule has 0 spiro atoms. The minimum Gasteiger partial charge on any atom is -0.490 e. The number of carbonyl (C=O) groups excluding carboxylic acids is 1. The molecule has 47 heavy (non-hydrogen) atoms. The van der Waals surface area contributed by atoms with Crippen LogP contribution in [0.3, 0.4) is 0 Å². The van der Waals surface area contributed by atoms with Crippen LogP contribution in [0, 0.1) is 0 Å². The van der Waals surface area contributed by atoms with E-state index in [4.69, 9.17) is 14.2 Å². The molecule has 0 heterocycles. The van der Waals surface area contributed by atoms with Crippen molar-refractivity contribution in [1.82, 2.24) is 0 Å². The molecule has 0 aromatic heterocycles. The Kier molecular flexibility index (Phi) is 24.9. The minimum absolute atomic E-state index is 0.00182. The average molecular weight is 651 g/mol. The second-order valence-electron chi connectivity index (χ2n) is 13.6. The highest BCUT2D eigenvalue weighted by Gasteiger charge is 2.14. The Morgan fingerprint density at radius 1 is 0.511 bits per heavy atom. The van der Waals surface area contributed by atoms with Crippen LogP contribution >= 0.6 is 0 Å². The van der Waals surface area contributed by atoms with Crippen LogP contribution in [0.2, 0.25) is 0 Å². The van der Waals surface area contributed by atoms with Gasteiger partial charge in [0.05, 0.1) is 18.3 Å². The predicted octanol–water partition coefficient (Wildman–Crippen LogP) is 13.8. The van der Waals surface area contributed by atoms with Crippen LogP contribution in [0.5, 0.6) is 11.5 Å². The van der Waals surface area contributed by atoms with E-state index >= 15 is 0 Å². The van der Waals surface area contributed by atoms with Crippen LogP contribution < -0.4 is 9.47 Å². The lowest BCUT2D eigenvalue weighted by atomic mass is 10.0. The Hall–Kier alpha value is -2.33.